The molecule has 0 heterocycles. The van der Waals surface area contributed by atoms with Crippen molar-refractivity contribution in [2.75, 3.05) is 0 Å². The van der Waals surface area contributed by atoms with Gasteiger partial charge in [-0.05, 0) is 31.6 Å². The number of hydrogen-bond acceptors (Lipinski definition) is 1. The van der Waals surface area contributed by atoms with Crippen molar-refractivity contribution in [2.45, 2.75) is 84.1 Å². The molecule has 0 aromatic carbocycles. The first-order chi connectivity index (χ1) is 7.21. The smallest absolute Gasteiger partial charge is 0.00670 e. The maximum absolute atomic E-state index is 6.01. The lowest BCUT2D eigenvalue weighted by Gasteiger charge is -2.18. The number of unbranched alkanes of at least 4 members (excludes halogenated alkanes) is 6. The Bertz CT molecular complexity index is 159. The van der Waals surface area contributed by atoms with Gasteiger partial charge in [0.15, 0.2) is 0 Å². The normalized spacial score (nSPS) is 20.2. The van der Waals surface area contributed by atoms with E-state index >= 15 is 0 Å². The van der Waals surface area contributed by atoms with Crippen LogP contribution in [-0.2, 0) is 0 Å². The van der Waals surface area contributed by atoms with Crippen LogP contribution >= 0.6 is 0 Å². The molecule has 1 fully saturated rings. The highest BCUT2D eigenvalue weighted by Gasteiger charge is 2.44. The summed E-state index contributed by atoms with van der Waals surface area (Å²) in [6, 6.07) is 0.428. The molecule has 1 atom stereocenters. The van der Waals surface area contributed by atoms with Gasteiger partial charge in [-0.2, -0.15) is 0 Å². The van der Waals surface area contributed by atoms with Crippen LogP contribution in [-0.4, -0.2) is 6.04 Å². The number of nitrogens with two attached hydrogens (primary N) is 1. The molecule has 90 valence electrons. The van der Waals surface area contributed by atoms with Gasteiger partial charge in [0.1, 0.15) is 0 Å². The summed E-state index contributed by atoms with van der Waals surface area (Å²) in [6.07, 6.45) is 14.1. The average molecular weight is 211 g/mol. The standard InChI is InChI=1S/C14H29N/c1-3-4-5-6-7-8-9-10-14(11-12-14)13(2)15/h13H,3-12,15H2,1-2H3. The van der Waals surface area contributed by atoms with Gasteiger partial charge in [0, 0.05) is 6.04 Å². The van der Waals surface area contributed by atoms with Crippen molar-refractivity contribution < 1.29 is 0 Å². The quantitative estimate of drug-likeness (QED) is 0.567. The lowest BCUT2D eigenvalue weighted by molar-refractivity contribution is 0.370. The fourth-order valence-electron chi connectivity index (χ4n) is 2.53. The predicted molar refractivity (Wildman–Crippen MR) is 67.9 cm³/mol. The van der Waals surface area contributed by atoms with Crippen molar-refractivity contribution in [3.05, 3.63) is 0 Å². The van der Waals surface area contributed by atoms with E-state index in [0.29, 0.717) is 11.5 Å². The van der Waals surface area contributed by atoms with Crippen LogP contribution < -0.4 is 5.73 Å². The molecule has 1 aliphatic rings. The van der Waals surface area contributed by atoms with Gasteiger partial charge < -0.3 is 5.73 Å². The van der Waals surface area contributed by atoms with Gasteiger partial charge in [0.2, 0.25) is 0 Å². The molecule has 1 nitrogen and oxygen atoms in total. The minimum Gasteiger partial charge on any atom is -0.327 e. The first-order valence-electron chi connectivity index (χ1n) is 6.97. The fraction of sp³-hybridized carbons (Fsp3) is 1.00. The molecule has 0 saturated heterocycles. The van der Waals surface area contributed by atoms with Gasteiger partial charge >= 0.3 is 0 Å². The van der Waals surface area contributed by atoms with Crippen LogP contribution in [0, 0.1) is 5.41 Å². The van der Waals surface area contributed by atoms with Crippen molar-refractivity contribution in [3.8, 4) is 0 Å². The highest BCUT2D eigenvalue weighted by Crippen LogP contribution is 2.51. The predicted octanol–water partition coefficient (Wildman–Crippen LogP) is 4.25. The molecule has 2 N–H and O–H groups in total. The maximum Gasteiger partial charge on any atom is 0.00670 e. The lowest BCUT2D eigenvalue weighted by Crippen LogP contribution is -2.27. The zero-order chi connectivity index (χ0) is 11.1. The Morgan fingerprint density at radius 2 is 1.53 bits per heavy atom. The summed E-state index contributed by atoms with van der Waals surface area (Å²) >= 11 is 0. The minimum absolute atomic E-state index is 0.428. The summed E-state index contributed by atoms with van der Waals surface area (Å²) in [5.74, 6) is 0. The van der Waals surface area contributed by atoms with Crippen LogP contribution in [0.4, 0.5) is 0 Å². The van der Waals surface area contributed by atoms with Gasteiger partial charge in [-0.3, -0.25) is 0 Å². The van der Waals surface area contributed by atoms with E-state index in [2.05, 4.69) is 13.8 Å². The fourth-order valence-corrected chi connectivity index (χ4v) is 2.53. The summed E-state index contributed by atoms with van der Waals surface area (Å²) in [6.45, 7) is 4.47. The van der Waals surface area contributed by atoms with E-state index in [9.17, 15) is 0 Å². The Kier molecular flexibility index (Phi) is 5.66. The van der Waals surface area contributed by atoms with Crippen LogP contribution in [0.2, 0.25) is 0 Å². The van der Waals surface area contributed by atoms with E-state index in [1.165, 1.54) is 64.2 Å². The third-order valence-electron chi connectivity index (χ3n) is 4.14. The Morgan fingerprint density at radius 3 is 2.00 bits per heavy atom. The monoisotopic (exact) mass is 211 g/mol. The highest BCUT2D eigenvalue weighted by atomic mass is 14.7. The number of hydrogen-bond donors (Lipinski definition) is 1. The average Bonchev–Trinajstić information content (AvgIpc) is 2.98. The Balaban J connectivity index is 1.89. The van der Waals surface area contributed by atoms with Crippen LogP contribution in [0.3, 0.4) is 0 Å². The molecule has 1 aliphatic carbocycles. The summed E-state index contributed by atoms with van der Waals surface area (Å²) < 4.78 is 0. The Labute approximate surface area is 95.8 Å². The second-order valence-electron chi connectivity index (χ2n) is 5.52. The van der Waals surface area contributed by atoms with E-state index in [1.54, 1.807) is 0 Å². The molecule has 15 heavy (non-hydrogen) atoms. The summed E-state index contributed by atoms with van der Waals surface area (Å²) in [4.78, 5) is 0. The zero-order valence-electron chi connectivity index (χ0n) is 10.7. The van der Waals surface area contributed by atoms with E-state index < -0.39 is 0 Å². The molecule has 1 unspecified atom stereocenters. The summed E-state index contributed by atoms with van der Waals surface area (Å²) in [7, 11) is 0. The molecule has 1 rings (SSSR count). The van der Waals surface area contributed by atoms with E-state index in [-0.39, 0.29) is 0 Å². The molecule has 0 aromatic rings. The molecule has 0 aromatic heterocycles. The second kappa shape index (κ2) is 6.52. The van der Waals surface area contributed by atoms with Crippen LogP contribution in [0.15, 0.2) is 0 Å². The van der Waals surface area contributed by atoms with E-state index in [0.717, 1.165) is 0 Å². The second-order valence-corrected chi connectivity index (χ2v) is 5.52. The third kappa shape index (κ3) is 4.55. The maximum atomic E-state index is 6.01. The highest BCUT2D eigenvalue weighted by molar-refractivity contribution is 4.98. The molecule has 1 heteroatoms. The molecule has 0 radical (unpaired) electrons. The molecular weight excluding hydrogens is 182 g/mol. The SMILES string of the molecule is CCCCCCCCCC1(C(C)N)CC1. The van der Waals surface area contributed by atoms with Crippen LogP contribution in [0.1, 0.15) is 78.1 Å². The topological polar surface area (TPSA) is 26.0 Å². The van der Waals surface area contributed by atoms with E-state index in [1.807, 2.05) is 0 Å². The van der Waals surface area contributed by atoms with Crippen molar-refractivity contribution in [1.82, 2.24) is 0 Å². The van der Waals surface area contributed by atoms with E-state index in [4.69, 9.17) is 5.73 Å². The van der Waals surface area contributed by atoms with Gasteiger partial charge in [0.05, 0.1) is 0 Å². The lowest BCUT2D eigenvalue weighted by atomic mass is 9.91. The molecule has 1 saturated carbocycles. The van der Waals surface area contributed by atoms with Gasteiger partial charge in [0.25, 0.3) is 0 Å². The number of rotatable bonds is 9. The largest absolute Gasteiger partial charge is 0.327 e. The minimum atomic E-state index is 0.428. The first kappa shape index (κ1) is 13.0. The molecule has 0 aliphatic heterocycles. The van der Waals surface area contributed by atoms with Crippen LogP contribution in [0.5, 0.6) is 0 Å². The first-order valence-corrected chi connectivity index (χ1v) is 6.97. The summed E-state index contributed by atoms with van der Waals surface area (Å²) in [5, 5.41) is 0. The molecular formula is C14H29N. The van der Waals surface area contributed by atoms with Gasteiger partial charge in [-0.25, -0.2) is 0 Å². The van der Waals surface area contributed by atoms with Crippen molar-refractivity contribution in [1.29, 1.82) is 0 Å². The molecule has 0 bridgehead atoms. The molecule has 0 spiro atoms. The Morgan fingerprint density at radius 1 is 1.00 bits per heavy atom. The van der Waals surface area contributed by atoms with Crippen molar-refractivity contribution in [3.63, 3.8) is 0 Å². The van der Waals surface area contributed by atoms with Gasteiger partial charge in [-0.15, -0.1) is 0 Å². The van der Waals surface area contributed by atoms with Gasteiger partial charge in [-0.1, -0.05) is 51.9 Å². The molecule has 0 amide bonds. The third-order valence-corrected chi connectivity index (χ3v) is 4.14. The van der Waals surface area contributed by atoms with Crippen molar-refractivity contribution >= 4 is 0 Å². The Hall–Kier alpha value is -0.0400. The van der Waals surface area contributed by atoms with Crippen molar-refractivity contribution in [2.24, 2.45) is 11.1 Å². The zero-order valence-corrected chi connectivity index (χ0v) is 10.7. The van der Waals surface area contributed by atoms with Crippen LogP contribution in [0.25, 0.3) is 0 Å². The summed E-state index contributed by atoms with van der Waals surface area (Å²) in [5.41, 5.74) is 6.59.